The summed E-state index contributed by atoms with van der Waals surface area (Å²) >= 11 is 0. The summed E-state index contributed by atoms with van der Waals surface area (Å²) in [6, 6.07) is 16.5. The second kappa shape index (κ2) is 8.52. The lowest BCUT2D eigenvalue weighted by atomic mass is 10.1. The van der Waals surface area contributed by atoms with Crippen LogP contribution in [-0.4, -0.2) is 25.9 Å². The van der Waals surface area contributed by atoms with Crippen LogP contribution in [0.4, 0.5) is 25.8 Å². The largest absolute Gasteiger partial charge is 0.378 e. The molecule has 0 radical (unpaired) electrons. The Balaban J connectivity index is 1.64. The highest BCUT2D eigenvalue weighted by Gasteiger charge is 2.11. The molecule has 0 unspecified atom stereocenters. The number of halogens is 2. The van der Waals surface area contributed by atoms with E-state index in [4.69, 9.17) is 0 Å². The van der Waals surface area contributed by atoms with Gasteiger partial charge < -0.3 is 15.5 Å². The Morgan fingerprint density at radius 3 is 1.66 bits per heavy atom. The number of nitrogens with one attached hydrogen (secondary N) is 2. The molecule has 3 aromatic carbocycles. The van der Waals surface area contributed by atoms with E-state index in [-0.39, 0.29) is 17.2 Å². The summed E-state index contributed by atoms with van der Waals surface area (Å²) in [5.74, 6) is -2.85. The lowest BCUT2D eigenvalue weighted by Crippen LogP contribution is -2.14. The van der Waals surface area contributed by atoms with Crippen LogP contribution in [0.1, 0.15) is 20.7 Å². The molecule has 0 saturated carbocycles. The standard InChI is InChI=1S/C22H19F2N3O2/c1-27(2)18-10-7-16(8-11-18)25-21(28)14-3-5-15(6-4-14)22(29)26-17-9-12-19(23)20(24)13-17/h3-13H,1-2H3,(H,25,28)(H,26,29). The maximum Gasteiger partial charge on any atom is 0.255 e. The van der Waals surface area contributed by atoms with Gasteiger partial charge in [-0.15, -0.1) is 0 Å². The molecule has 2 N–H and O–H groups in total. The topological polar surface area (TPSA) is 61.4 Å². The summed E-state index contributed by atoms with van der Waals surface area (Å²) in [5.41, 5.74) is 2.46. The molecular formula is C22H19F2N3O2. The number of rotatable bonds is 5. The van der Waals surface area contributed by atoms with E-state index in [9.17, 15) is 18.4 Å². The van der Waals surface area contributed by atoms with E-state index in [1.165, 1.54) is 30.3 Å². The Morgan fingerprint density at radius 2 is 1.17 bits per heavy atom. The molecule has 5 nitrogen and oxygen atoms in total. The van der Waals surface area contributed by atoms with Gasteiger partial charge in [-0.25, -0.2) is 8.78 Å². The third kappa shape index (κ3) is 4.95. The lowest BCUT2D eigenvalue weighted by Gasteiger charge is -2.13. The zero-order valence-corrected chi connectivity index (χ0v) is 15.9. The molecule has 29 heavy (non-hydrogen) atoms. The van der Waals surface area contributed by atoms with Crippen molar-refractivity contribution in [2.24, 2.45) is 0 Å². The van der Waals surface area contributed by atoms with Crippen LogP contribution in [0, 0.1) is 11.6 Å². The molecule has 0 spiro atoms. The smallest absolute Gasteiger partial charge is 0.255 e. The van der Waals surface area contributed by atoms with Crippen LogP contribution < -0.4 is 15.5 Å². The molecule has 0 atom stereocenters. The molecule has 0 heterocycles. The molecule has 0 aromatic heterocycles. The summed E-state index contributed by atoms with van der Waals surface area (Å²) in [5, 5.41) is 5.27. The van der Waals surface area contributed by atoms with Crippen LogP contribution in [0.2, 0.25) is 0 Å². The van der Waals surface area contributed by atoms with Crippen molar-refractivity contribution in [1.82, 2.24) is 0 Å². The SMILES string of the molecule is CN(C)c1ccc(NC(=O)c2ccc(C(=O)Nc3ccc(F)c(F)c3)cc2)cc1. The monoisotopic (exact) mass is 395 g/mol. The molecule has 3 aromatic rings. The Kier molecular flexibility index (Phi) is 5.87. The molecule has 0 fully saturated rings. The Morgan fingerprint density at radius 1 is 0.690 bits per heavy atom. The first-order chi connectivity index (χ1) is 13.8. The maximum absolute atomic E-state index is 13.2. The summed E-state index contributed by atoms with van der Waals surface area (Å²) in [7, 11) is 3.86. The lowest BCUT2D eigenvalue weighted by molar-refractivity contribution is 0.101. The van der Waals surface area contributed by atoms with Crippen LogP contribution in [0.15, 0.2) is 66.7 Å². The van der Waals surface area contributed by atoms with Crippen molar-refractivity contribution in [3.05, 3.63) is 89.5 Å². The predicted molar refractivity (Wildman–Crippen MR) is 109 cm³/mol. The summed E-state index contributed by atoms with van der Waals surface area (Å²) in [6.45, 7) is 0. The maximum atomic E-state index is 13.2. The normalized spacial score (nSPS) is 10.3. The molecule has 0 aliphatic heterocycles. The van der Waals surface area contributed by atoms with Crippen LogP contribution in [0.3, 0.4) is 0 Å². The quantitative estimate of drug-likeness (QED) is 0.667. The van der Waals surface area contributed by atoms with Gasteiger partial charge in [0.2, 0.25) is 0 Å². The minimum atomic E-state index is -1.05. The van der Waals surface area contributed by atoms with E-state index in [1.807, 2.05) is 31.1 Å². The van der Waals surface area contributed by atoms with Crippen molar-refractivity contribution in [2.75, 3.05) is 29.6 Å². The first kappa shape index (κ1) is 20.0. The average Bonchev–Trinajstić information content (AvgIpc) is 2.71. The highest BCUT2D eigenvalue weighted by Crippen LogP contribution is 2.17. The zero-order valence-electron chi connectivity index (χ0n) is 15.9. The third-order valence-electron chi connectivity index (χ3n) is 4.23. The van der Waals surface area contributed by atoms with Gasteiger partial charge in [0.1, 0.15) is 0 Å². The number of anilines is 3. The molecular weight excluding hydrogens is 376 g/mol. The summed E-state index contributed by atoms with van der Waals surface area (Å²) < 4.78 is 26.2. The number of hydrogen-bond donors (Lipinski definition) is 2. The van der Waals surface area contributed by atoms with Gasteiger partial charge in [-0.1, -0.05) is 0 Å². The first-order valence-corrected chi connectivity index (χ1v) is 8.79. The molecule has 0 aliphatic carbocycles. The fraction of sp³-hybridized carbons (Fsp3) is 0.0909. The van der Waals surface area contributed by atoms with Gasteiger partial charge in [0.05, 0.1) is 0 Å². The summed E-state index contributed by atoms with van der Waals surface area (Å²) in [4.78, 5) is 26.6. The van der Waals surface area contributed by atoms with Gasteiger partial charge in [0, 0.05) is 48.4 Å². The number of amides is 2. The van der Waals surface area contributed by atoms with Gasteiger partial charge in [-0.3, -0.25) is 9.59 Å². The Hall–Kier alpha value is -3.74. The van der Waals surface area contributed by atoms with E-state index in [2.05, 4.69) is 10.6 Å². The van der Waals surface area contributed by atoms with Gasteiger partial charge in [0.25, 0.3) is 11.8 Å². The number of nitrogens with zero attached hydrogens (tertiary/aromatic N) is 1. The second-order valence-corrected chi connectivity index (χ2v) is 6.56. The summed E-state index contributed by atoms with van der Waals surface area (Å²) in [6.07, 6.45) is 0. The Labute approximate surface area is 167 Å². The molecule has 0 aliphatic rings. The predicted octanol–water partition coefficient (Wildman–Crippen LogP) is 4.54. The first-order valence-electron chi connectivity index (χ1n) is 8.79. The van der Waals surface area contributed by atoms with Crippen molar-refractivity contribution in [3.8, 4) is 0 Å². The van der Waals surface area contributed by atoms with E-state index in [1.54, 1.807) is 12.1 Å². The minimum absolute atomic E-state index is 0.136. The number of carbonyl (C=O) groups is 2. The van der Waals surface area contributed by atoms with E-state index < -0.39 is 17.5 Å². The van der Waals surface area contributed by atoms with Crippen molar-refractivity contribution >= 4 is 28.9 Å². The highest BCUT2D eigenvalue weighted by atomic mass is 19.2. The third-order valence-corrected chi connectivity index (χ3v) is 4.23. The van der Waals surface area contributed by atoms with Crippen LogP contribution in [-0.2, 0) is 0 Å². The van der Waals surface area contributed by atoms with Gasteiger partial charge >= 0.3 is 0 Å². The zero-order chi connectivity index (χ0) is 21.0. The van der Waals surface area contributed by atoms with Gasteiger partial charge in [-0.05, 0) is 60.7 Å². The van der Waals surface area contributed by atoms with Crippen molar-refractivity contribution in [2.45, 2.75) is 0 Å². The molecule has 148 valence electrons. The number of carbonyl (C=O) groups excluding carboxylic acids is 2. The molecule has 0 saturated heterocycles. The van der Waals surface area contributed by atoms with E-state index in [0.29, 0.717) is 11.3 Å². The fourth-order valence-electron chi connectivity index (χ4n) is 2.60. The van der Waals surface area contributed by atoms with Crippen LogP contribution in [0.5, 0.6) is 0 Å². The Bertz CT molecular complexity index is 1030. The van der Waals surface area contributed by atoms with Crippen molar-refractivity contribution in [3.63, 3.8) is 0 Å². The van der Waals surface area contributed by atoms with Gasteiger partial charge in [-0.2, -0.15) is 0 Å². The molecule has 3 rings (SSSR count). The molecule has 7 heteroatoms. The highest BCUT2D eigenvalue weighted by molar-refractivity contribution is 6.07. The average molecular weight is 395 g/mol. The fourth-order valence-corrected chi connectivity index (χ4v) is 2.60. The van der Waals surface area contributed by atoms with E-state index in [0.717, 1.165) is 17.8 Å². The van der Waals surface area contributed by atoms with Gasteiger partial charge in [0.15, 0.2) is 11.6 Å². The number of benzene rings is 3. The van der Waals surface area contributed by atoms with Crippen molar-refractivity contribution in [1.29, 1.82) is 0 Å². The second-order valence-electron chi connectivity index (χ2n) is 6.56. The molecule has 2 amide bonds. The number of hydrogen-bond acceptors (Lipinski definition) is 3. The van der Waals surface area contributed by atoms with Crippen LogP contribution in [0.25, 0.3) is 0 Å². The van der Waals surface area contributed by atoms with E-state index >= 15 is 0 Å². The van der Waals surface area contributed by atoms with Crippen molar-refractivity contribution < 1.29 is 18.4 Å². The molecule has 0 bridgehead atoms. The minimum Gasteiger partial charge on any atom is -0.378 e. The van der Waals surface area contributed by atoms with Crippen LogP contribution >= 0.6 is 0 Å².